The van der Waals surface area contributed by atoms with E-state index in [4.69, 9.17) is 4.74 Å². The Kier molecular flexibility index (Phi) is 8.02. The van der Waals surface area contributed by atoms with Gasteiger partial charge in [0, 0.05) is 20.2 Å². The molecule has 8 nitrogen and oxygen atoms in total. The number of benzene rings is 3. The molecule has 0 aliphatic rings. The van der Waals surface area contributed by atoms with Gasteiger partial charge < -0.3 is 15.0 Å². The van der Waals surface area contributed by atoms with E-state index in [0.29, 0.717) is 35.3 Å². The summed E-state index contributed by atoms with van der Waals surface area (Å²) in [5.41, 5.74) is 3.76. The molecule has 0 aliphatic heterocycles. The fraction of sp³-hybridized carbons (Fsp3) is 0.259. The Hall–Kier alpha value is -4.11. The molecule has 0 aliphatic carbocycles. The third kappa shape index (κ3) is 5.92. The van der Waals surface area contributed by atoms with Crippen molar-refractivity contribution in [1.29, 1.82) is 0 Å². The lowest BCUT2D eigenvalue weighted by Gasteiger charge is -2.31. The predicted molar refractivity (Wildman–Crippen MR) is 133 cm³/mol. The van der Waals surface area contributed by atoms with Crippen molar-refractivity contribution in [1.82, 2.24) is 25.2 Å². The van der Waals surface area contributed by atoms with Crippen LogP contribution in [0.2, 0.25) is 0 Å². The van der Waals surface area contributed by atoms with E-state index in [1.807, 2.05) is 55.5 Å². The molecule has 1 N–H and O–H groups in total. The second kappa shape index (κ2) is 11.5. The molecule has 1 aromatic heterocycles. The van der Waals surface area contributed by atoms with E-state index in [-0.39, 0.29) is 30.7 Å². The van der Waals surface area contributed by atoms with Crippen molar-refractivity contribution in [3.8, 4) is 0 Å². The number of nitrogens with zero attached hydrogens (tertiary/aromatic N) is 4. The van der Waals surface area contributed by atoms with Gasteiger partial charge in [-0.2, -0.15) is 0 Å². The lowest BCUT2D eigenvalue weighted by molar-refractivity contribution is -0.142. The molecule has 0 bridgehead atoms. The number of hydrogen-bond donors (Lipinski definition) is 1. The van der Waals surface area contributed by atoms with Crippen molar-refractivity contribution in [2.24, 2.45) is 0 Å². The minimum absolute atomic E-state index is 0.0992. The molecule has 3 aromatic carbocycles. The summed E-state index contributed by atoms with van der Waals surface area (Å²) >= 11 is 0. The maximum atomic E-state index is 13.8. The second-order valence-corrected chi connectivity index (χ2v) is 8.48. The first-order chi connectivity index (χ1) is 17.5. The number of para-hydroxylation sites is 1. The number of carbonyl (C=O) groups excluding carboxylic acids is 2. The van der Waals surface area contributed by atoms with Gasteiger partial charge in [-0.3, -0.25) is 9.59 Å². The molecule has 36 heavy (non-hydrogen) atoms. The topological polar surface area (TPSA) is 89.4 Å². The number of hydrogen-bond acceptors (Lipinski definition) is 5. The average molecular weight is 490 g/mol. The van der Waals surface area contributed by atoms with Crippen LogP contribution in [0.25, 0.3) is 11.0 Å². The highest BCUT2D eigenvalue weighted by atomic mass is 19.1. The first-order valence-corrected chi connectivity index (χ1v) is 11.6. The molecule has 0 unspecified atom stereocenters. The number of ether oxygens (including phenoxy) is 1. The maximum absolute atomic E-state index is 13.8. The Balaban J connectivity index is 1.72. The van der Waals surface area contributed by atoms with Gasteiger partial charge in [0.2, 0.25) is 11.8 Å². The zero-order valence-corrected chi connectivity index (χ0v) is 20.2. The lowest BCUT2D eigenvalue weighted by Crippen LogP contribution is -2.45. The second-order valence-electron chi connectivity index (χ2n) is 8.48. The van der Waals surface area contributed by atoms with Crippen LogP contribution < -0.4 is 5.32 Å². The fourth-order valence-corrected chi connectivity index (χ4v) is 3.96. The van der Waals surface area contributed by atoms with Gasteiger partial charge in [0.05, 0.1) is 12.1 Å². The van der Waals surface area contributed by atoms with E-state index in [2.05, 4.69) is 15.6 Å². The zero-order valence-electron chi connectivity index (χ0n) is 20.2. The number of fused-ring (bicyclic) bond motifs is 1. The van der Waals surface area contributed by atoms with Crippen molar-refractivity contribution in [2.75, 3.05) is 20.3 Å². The largest absolute Gasteiger partial charge is 0.383 e. The first-order valence-electron chi connectivity index (χ1n) is 11.6. The van der Waals surface area contributed by atoms with Gasteiger partial charge in [-0.1, -0.05) is 59.3 Å². The monoisotopic (exact) mass is 489 g/mol. The van der Waals surface area contributed by atoms with Gasteiger partial charge in [0.25, 0.3) is 0 Å². The fourth-order valence-electron chi connectivity index (χ4n) is 3.96. The van der Waals surface area contributed by atoms with Crippen LogP contribution in [0, 0.1) is 12.7 Å². The number of carbonyl (C=O) groups is 2. The van der Waals surface area contributed by atoms with Crippen LogP contribution in [-0.2, 0) is 27.4 Å². The molecule has 0 spiro atoms. The van der Waals surface area contributed by atoms with Gasteiger partial charge in [0.15, 0.2) is 0 Å². The summed E-state index contributed by atoms with van der Waals surface area (Å²) in [5, 5.41) is 11.1. The zero-order chi connectivity index (χ0) is 25.5. The Bertz CT molecular complexity index is 1320. The Morgan fingerprint density at radius 3 is 2.50 bits per heavy atom. The standard InChI is InChI=1S/C27H28FN5O3/c1-19-7-11-21(12-8-19)26(27(35)29-15-16-36-2)32(17-20-9-13-22(28)14-10-20)25(34)18-33-24-6-4-3-5-23(24)30-31-33/h3-14,26H,15-18H2,1-2H3,(H,29,35)/t26-/m0/s1. The van der Waals surface area contributed by atoms with Crippen LogP contribution in [0.4, 0.5) is 4.39 Å². The molecule has 0 saturated carbocycles. The summed E-state index contributed by atoms with van der Waals surface area (Å²) in [6.07, 6.45) is 0. The maximum Gasteiger partial charge on any atom is 0.247 e. The normalized spacial score (nSPS) is 11.9. The molecular weight excluding hydrogens is 461 g/mol. The van der Waals surface area contributed by atoms with Gasteiger partial charge >= 0.3 is 0 Å². The van der Waals surface area contributed by atoms with Crippen LogP contribution in [0.15, 0.2) is 72.8 Å². The average Bonchev–Trinajstić information content (AvgIpc) is 3.29. The van der Waals surface area contributed by atoms with E-state index in [1.165, 1.54) is 21.7 Å². The molecule has 1 heterocycles. The van der Waals surface area contributed by atoms with E-state index in [9.17, 15) is 14.0 Å². The summed E-state index contributed by atoms with van der Waals surface area (Å²) in [6, 6.07) is 19.8. The Morgan fingerprint density at radius 2 is 1.78 bits per heavy atom. The SMILES string of the molecule is COCCNC(=O)[C@H](c1ccc(C)cc1)N(Cc1ccc(F)cc1)C(=O)Cn1nnc2ccccc21. The lowest BCUT2D eigenvalue weighted by atomic mass is 10.0. The Morgan fingerprint density at radius 1 is 1.06 bits per heavy atom. The molecule has 0 saturated heterocycles. The Labute approximate surface area is 208 Å². The number of aryl methyl sites for hydroxylation is 1. The van der Waals surface area contributed by atoms with Crippen molar-refractivity contribution < 1.29 is 18.7 Å². The quantitative estimate of drug-likeness (QED) is 0.345. The molecule has 4 aromatic rings. The highest BCUT2D eigenvalue weighted by Gasteiger charge is 2.32. The third-order valence-electron chi connectivity index (χ3n) is 5.85. The van der Waals surface area contributed by atoms with Crippen molar-refractivity contribution in [3.05, 3.63) is 95.3 Å². The van der Waals surface area contributed by atoms with Crippen LogP contribution in [0.3, 0.4) is 0 Å². The highest BCUT2D eigenvalue weighted by Crippen LogP contribution is 2.25. The van der Waals surface area contributed by atoms with Crippen molar-refractivity contribution in [2.45, 2.75) is 26.1 Å². The third-order valence-corrected chi connectivity index (χ3v) is 5.85. The number of amides is 2. The van der Waals surface area contributed by atoms with Gasteiger partial charge in [-0.05, 0) is 42.3 Å². The number of methoxy groups -OCH3 is 1. The highest BCUT2D eigenvalue weighted by molar-refractivity contribution is 5.89. The van der Waals surface area contributed by atoms with Crippen molar-refractivity contribution in [3.63, 3.8) is 0 Å². The molecule has 1 atom stereocenters. The molecule has 0 radical (unpaired) electrons. The molecule has 2 amide bonds. The summed E-state index contributed by atoms with van der Waals surface area (Å²) in [6.45, 7) is 2.57. The molecule has 186 valence electrons. The van der Waals surface area contributed by atoms with Gasteiger partial charge in [-0.15, -0.1) is 5.10 Å². The van der Waals surface area contributed by atoms with Gasteiger partial charge in [-0.25, -0.2) is 9.07 Å². The molecule has 9 heteroatoms. The summed E-state index contributed by atoms with van der Waals surface area (Å²) in [7, 11) is 1.55. The number of nitrogens with one attached hydrogen (secondary N) is 1. The summed E-state index contributed by atoms with van der Waals surface area (Å²) in [4.78, 5) is 28.7. The molecule has 0 fully saturated rings. The van der Waals surface area contributed by atoms with E-state index >= 15 is 0 Å². The van der Waals surface area contributed by atoms with E-state index in [1.54, 1.807) is 19.2 Å². The first kappa shape index (κ1) is 25.0. The van der Waals surface area contributed by atoms with Crippen LogP contribution in [0.5, 0.6) is 0 Å². The predicted octanol–water partition coefficient (Wildman–Crippen LogP) is 3.41. The minimum atomic E-state index is -0.921. The van der Waals surface area contributed by atoms with Crippen LogP contribution in [0.1, 0.15) is 22.7 Å². The van der Waals surface area contributed by atoms with Crippen LogP contribution >= 0.6 is 0 Å². The summed E-state index contributed by atoms with van der Waals surface area (Å²) in [5.74, 6) is -1.05. The number of halogens is 1. The molecular formula is C27H28FN5O3. The minimum Gasteiger partial charge on any atom is -0.383 e. The smallest absolute Gasteiger partial charge is 0.247 e. The number of rotatable bonds is 10. The van der Waals surface area contributed by atoms with Crippen molar-refractivity contribution >= 4 is 22.8 Å². The van der Waals surface area contributed by atoms with Crippen LogP contribution in [-0.4, -0.2) is 52.0 Å². The number of aromatic nitrogens is 3. The van der Waals surface area contributed by atoms with Gasteiger partial charge in [0.1, 0.15) is 23.9 Å². The summed E-state index contributed by atoms with van der Waals surface area (Å²) < 4.78 is 20.2. The van der Waals surface area contributed by atoms with E-state index < -0.39 is 6.04 Å². The molecule has 4 rings (SSSR count). The van der Waals surface area contributed by atoms with E-state index in [0.717, 1.165) is 5.56 Å².